The Balaban J connectivity index is 1.45. The maximum absolute atomic E-state index is 2.93. The summed E-state index contributed by atoms with van der Waals surface area (Å²) in [4.78, 5) is 5.85. The van der Waals surface area contributed by atoms with Crippen molar-refractivity contribution in [3.63, 3.8) is 0 Å². The molecule has 1 aromatic rings. The Morgan fingerprint density at radius 1 is 0.781 bits per heavy atom. The molecular weight excluding hydrogens is 388 g/mol. The normalized spacial score (nSPS) is 33.5. The number of benzene rings is 1. The van der Waals surface area contributed by atoms with Crippen molar-refractivity contribution in [2.75, 3.05) is 4.90 Å². The van der Waals surface area contributed by atoms with E-state index in [0.29, 0.717) is 23.7 Å². The molecule has 0 aromatic heterocycles. The first-order valence-corrected chi connectivity index (χ1v) is 14.0. The van der Waals surface area contributed by atoms with Gasteiger partial charge in [-0.25, -0.2) is 0 Å². The van der Waals surface area contributed by atoms with E-state index in [-0.39, 0.29) is 0 Å². The molecule has 2 heteroatoms. The van der Waals surface area contributed by atoms with Gasteiger partial charge in [0.15, 0.2) is 0 Å². The van der Waals surface area contributed by atoms with Crippen LogP contribution >= 0.6 is 0 Å². The van der Waals surface area contributed by atoms with E-state index in [4.69, 9.17) is 0 Å². The third-order valence-corrected chi connectivity index (χ3v) is 10.4. The first kappa shape index (κ1) is 21.1. The Kier molecular flexibility index (Phi) is 5.55. The monoisotopic (exact) mass is 432 g/mol. The number of nitrogens with zero attached hydrogens (tertiary/aromatic N) is 2. The highest BCUT2D eigenvalue weighted by molar-refractivity contribution is 5.57. The highest BCUT2D eigenvalue weighted by atomic mass is 15.5. The highest BCUT2D eigenvalue weighted by Crippen LogP contribution is 2.61. The Hall–Kier alpha value is -1.44. The van der Waals surface area contributed by atoms with Crippen LogP contribution in [0.1, 0.15) is 96.0 Å². The molecule has 2 aliphatic heterocycles. The van der Waals surface area contributed by atoms with Gasteiger partial charge in [0.05, 0.1) is 6.04 Å². The van der Waals surface area contributed by atoms with Gasteiger partial charge in [0.1, 0.15) is 6.17 Å². The van der Waals surface area contributed by atoms with Gasteiger partial charge in [-0.15, -0.1) is 0 Å². The Morgan fingerprint density at radius 3 is 2.00 bits per heavy atom. The lowest BCUT2D eigenvalue weighted by Gasteiger charge is -2.47. The summed E-state index contributed by atoms with van der Waals surface area (Å²) in [6.45, 7) is 4.93. The lowest BCUT2D eigenvalue weighted by atomic mass is 9.60. The zero-order valence-electron chi connectivity index (χ0n) is 20.5. The van der Waals surface area contributed by atoms with E-state index in [1.807, 2.05) is 0 Å². The van der Waals surface area contributed by atoms with E-state index in [2.05, 4.69) is 60.2 Å². The minimum Gasteiger partial charge on any atom is -0.352 e. The first-order valence-electron chi connectivity index (χ1n) is 14.0. The quantitative estimate of drug-likeness (QED) is 0.481. The molecule has 0 radical (unpaired) electrons. The van der Waals surface area contributed by atoms with E-state index >= 15 is 0 Å². The summed E-state index contributed by atoms with van der Waals surface area (Å²) in [5.74, 6) is 2.62. The van der Waals surface area contributed by atoms with Crippen molar-refractivity contribution >= 4 is 5.69 Å². The van der Waals surface area contributed by atoms with Crippen molar-refractivity contribution in [3.8, 4) is 0 Å². The fourth-order valence-corrected chi connectivity index (χ4v) is 9.18. The predicted molar refractivity (Wildman–Crippen MR) is 135 cm³/mol. The number of para-hydroxylation sites is 1. The second-order valence-corrected chi connectivity index (χ2v) is 11.9. The molecule has 3 saturated carbocycles. The van der Waals surface area contributed by atoms with E-state index in [1.165, 1.54) is 94.7 Å². The van der Waals surface area contributed by atoms with E-state index in [0.717, 1.165) is 17.8 Å². The zero-order chi connectivity index (χ0) is 21.7. The van der Waals surface area contributed by atoms with Gasteiger partial charge >= 0.3 is 0 Å². The van der Waals surface area contributed by atoms with E-state index in [9.17, 15) is 0 Å². The fraction of sp³-hybridized carbons (Fsp3) is 0.733. The molecule has 174 valence electrons. The molecule has 2 unspecified atom stereocenters. The summed E-state index contributed by atoms with van der Waals surface area (Å²) >= 11 is 0. The minimum absolute atomic E-state index is 0.413. The van der Waals surface area contributed by atoms with Crippen molar-refractivity contribution in [3.05, 3.63) is 42.1 Å². The number of hydrogen-bond donors (Lipinski definition) is 0. The zero-order valence-corrected chi connectivity index (χ0v) is 20.5. The molecular formula is C30H44N2. The van der Waals surface area contributed by atoms with Crippen LogP contribution in [-0.4, -0.2) is 23.1 Å². The van der Waals surface area contributed by atoms with Gasteiger partial charge < -0.3 is 9.80 Å². The molecule has 4 fully saturated rings. The number of hydrogen-bond acceptors (Lipinski definition) is 2. The SMILES string of the molecule is Cc1ccccc1N1C(C2CCCCC2)N2C=CC(C3CCCC3)(C3CCCC3)C2[C@@H]1C. The third-order valence-electron chi connectivity index (χ3n) is 10.4. The summed E-state index contributed by atoms with van der Waals surface area (Å²) in [5.41, 5.74) is 3.37. The van der Waals surface area contributed by atoms with Crippen LogP contribution in [0.2, 0.25) is 0 Å². The van der Waals surface area contributed by atoms with Gasteiger partial charge in [0, 0.05) is 17.1 Å². The summed E-state index contributed by atoms with van der Waals surface area (Å²) < 4.78 is 0. The van der Waals surface area contributed by atoms with Crippen LogP contribution in [0.3, 0.4) is 0 Å². The second kappa shape index (κ2) is 8.41. The van der Waals surface area contributed by atoms with Crippen LogP contribution in [0, 0.1) is 30.1 Å². The molecule has 5 aliphatic rings. The largest absolute Gasteiger partial charge is 0.352 e. The Labute approximate surface area is 196 Å². The van der Waals surface area contributed by atoms with Crippen LogP contribution in [0.5, 0.6) is 0 Å². The van der Waals surface area contributed by atoms with Gasteiger partial charge in [-0.05, 0) is 88.0 Å². The summed E-state index contributed by atoms with van der Waals surface area (Å²) in [5, 5.41) is 0. The maximum atomic E-state index is 2.93. The van der Waals surface area contributed by atoms with Gasteiger partial charge in [0.25, 0.3) is 0 Å². The molecule has 1 saturated heterocycles. The molecule has 0 spiro atoms. The van der Waals surface area contributed by atoms with Crippen molar-refractivity contribution < 1.29 is 0 Å². The van der Waals surface area contributed by atoms with Gasteiger partial charge in [-0.3, -0.25) is 0 Å². The molecule has 3 aliphatic carbocycles. The van der Waals surface area contributed by atoms with Gasteiger partial charge in [-0.1, -0.05) is 69.2 Å². The first-order chi connectivity index (χ1) is 15.7. The lowest BCUT2D eigenvalue weighted by Crippen LogP contribution is -2.51. The number of aryl methyl sites for hydroxylation is 1. The minimum atomic E-state index is 0.413. The smallest absolute Gasteiger partial charge is 0.105 e. The molecule has 6 rings (SSSR count). The van der Waals surface area contributed by atoms with Crippen LogP contribution in [-0.2, 0) is 0 Å². The molecule has 0 amide bonds. The molecule has 3 atom stereocenters. The number of rotatable bonds is 4. The molecule has 32 heavy (non-hydrogen) atoms. The Bertz CT molecular complexity index is 809. The van der Waals surface area contributed by atoms with Gasteiger partial charge in [0.2, 0.25) is 0 Å². The van der Waals surface area contributed by atoms with Crippen molar-refractivity contribution in [1.82, 2.24) is 4.90 Å². The highest BCUT2D eigenvalue weighted by Gasteiger charge is 2.62. The van der Waals surface area contributed by atoms with Crippen LogP contribution in [0.25, 0.3) is 0 Å². The van der Waals surface area contributed by atoms with Gasteiger partial charge in [-0.2, -0.15) is 0 Å². The number of fused-ring (bicyclic) bond motifs is 1. The number of anilines is 1. The van der Waals surface area contributed by atoms with Crippen LogP contribution < -0.4 is 4.90 Å². The van der Waals surface area contributed by atoms with Crippen LogP contribution in [0.15, 0.2) is 36.5 Å². The average Bonchev–Trinajstić information content (AvgIpc) is 3.61. The standard InChI is InChI=1S/C30H44N2/c1-22-12-6-11-19-27(22)32-23(2)28-30(25-15-7-8-16-25,26-17-9-10-18-26)20-21-31(28)29(32)24-13-4-3-5-14-24/h6,11-12,19-21,23-26,28-29H,3-5,7-10,13-18H2,1-2H3/t23-,28?,29?/m0/s1. The third kappa shape index (κ3) is 3.11. The summed E-state index contributed by atoms with van der Waals surface area (Å²) in [6.07, 6.45) is 24.8. The summed E-state index contributed by atoms with van der Waals surface area (Å²) in [7, 11) is 0. The molecule has 2 nitrogen and oxygen atoms in total. The Morgan fingerprint density at radius 2 is 1.38 bits per heavy atom. The second-order valence-electron chi connectivity index (χ2n) is 11.9. The van der Waals surface area contributed by atoms with E-state index in [1.54, 1.807) is 0 Å². The fourth-order valence-electron chi connectivity index (χ4n) is 9.18. The molecule has 1 aromatic carbocycles. The van der Waals surface area contributed by atoms with Crippen molar-refractivity contribution in [1.29, 1.82) is 0 Å². The predicted octanol–water partition coefficient (Wildman–Crippen LogP) is 7.67. The van der Waals surface area contributed by atoms with Crippen molar-refractivity contribution in [2.24, 2.45) is 23.2 Å². The summed E-state index contributed by atoms with van der Waals surface area (Å²) in [6, 6.07) is 10.5. The van der Waals surface area contributed by atoms with Crippen molar-refractivity contribution in [2.45, 2.75) is 116 Å². The molecule has 0 N–H and O–H groups in total. The van der Waals surface area contributed by atoms with Crippen LogP contribution in [0.4, 0.5) is 5.69 Å². The lowest BCUT2D eigenvalue weighted by molar-refractivity contribution is 0.0458. The topological polar surface area (TPSA) is 6.48 Å². The molecule has 0 bridgehead atoms. The van der Waals surface area contributed by atoms with E-state index < -0.39 is 0 Å². The average molecular weight is 433 g/mol. The molecule has 2 heterocycles. The maximum Gasteiger partial charge on any atom is 0.105 e.